The number of likely N-dealkylation sites (tertiary alicyclic amines) is 1. The Bertz CT molecular complexity index is 627. The number of hydrogen-bond acceptors (Lipinski definition) is 4. The maximum Gasteiger partial charge on any atom is 0.253 e. The van der Waals surface area contributed by atoms with Crippen LogP contribution >= 0.6 is 0 Å². The summed E-state index contributed by atoms with van der Waals surface area (Å²) < 4.78 is 6.98. The third-order valence-electron chi connectivity index (χ3n) is 3.98. The van der Waals surface area contributed by atoms with Gasteiger partial charge in [-0.25, -0.2) is 9.67 Å². The summed E-state index contributed by atoms with van der Waals surface area (Å²) in [5, 5.41) is 4.20. The van der Waals surface area contributed by atoms with Crippen molar-refractivity contribution in [3.05, 3.63) is 48.0 Å². The van der Waals surface area contributed by atoms with Crippen LogP contribution < -0.4 is 0 Å². The van der Waals surface area contributed by atoms with E-state index in [1.165, 1.54) is 6.33 Å². The maximum absolute atomic E-state index is 12.7. The fraction of sp³-hybridized carbons (Fsp3) is 0.438. The van der Waals surface area contributed by atoms with E-state index in [4.69, 9.17) is 4.74 Å². The normalized spacial score (nSPS) is 18.4. The van der Waals surface area contributed by atoms with Gasteiger partial charge in [0, 0.05) is 25.8 Å². The molecule has 6 nitrogen and oxygen atoms in total. The molecule has 0 N–H and O–H groups in total. The fourth-order valence-corrected chi connectivity index (χ4v) is 2.90. The summed E-state index contributed by atoms with van der Waals surface area (Å²) in [6.07, 6.45) is 5.26. The van der Waals surface area contributed by atoms with Gasteiger partial charge < -0.3 is 9.64 Å². The Labute approximate surface area is 129 Å². The Balaban J connectivity index is 1.72. The number of aromatic nitrogens is 3. The van der Waals surface area contributed by atoms with Crippen LogP contribution in [0.5, 0.6) is 0 Å². The molecule has 6 heteroatoms. The zero-order chi connectivity index (χ0) is 15.4. The van der Waals surface area contributed by atoms with Gasteiger partial charge in [-0.2, -0.15) is 5.10 Å². The van der Waals surface area contributed by atoms with Gasteiger partial charge in [0.25, 0.3) is 5.91 Å². The summed E-state index contributed by atoms with van der Waals surface area (Å²) in [6.45, 7) is 1.98. The van der Waals surface area contributed by atoms with Gasteiger partial charge in [-0.15, -0.1) is 0 Å². The Morgan fingerprint density at radius 2 is 2.36 bits per heavy atom. The highest BCUT2D eigenvalue weighted by Crippen LogP contribution is 2.22. The third-order valence-corrected chi connectivity index (χ3v) is 3.98. The molecule has 0 radical (unpaired) electrons. The van der Waals surface area contributed by atoms with Crippen molar-refractivity contribution >= 4 is 5.91 Å². The van der Waals surface area contributed by atoms with Crippen molar-refractivity contribution < 1.29 is 9.53 Å². The molecular weight excluding hydrogens is 280 g/mol. The van der Waals surface area contributed by atoms with E-state index in [0.29, 0.717) is 18.7 Å². The van der Waals surface area contributed by atoms with Gasteiger partial charge in [-0.1, -0.05) is 12.1 Å². The van der Waals surface area contributed by atoms with Crippen molar-refractivity contribution in [2.24, 2.45) is 0 Å². The van der Waals surface area contributed by atoms with Gasteiger partial charge in [-0.3, -0.25) is 4.79 Å². The number of ether oxygens (including phenoxy) is 1. The van der Waals surface area contributed by atoms with Gasteiger partial charge in [0.2, 0.25) is 0 Å². The predicted molar refractivity (Wildman–Crippen MR) is 81.4 cm³/mol. The molecule has 0 unspecified atom stereocenters. The van der Waals surface area contributed by atoms with Crippen LogP contribution in [-0.2, 0) is 11.3 Å². The number of methoxy groups -OCH3 is 1. The second-order valence-corrected chi connectivity index (χ2v) is 5.56. The molecule has 1 saturated heterocycles. The molecule has 0 aliphatic carbocycles. The Kier molecular flexibility index (Phi) is 4.48. The van der Waals surface area contributed by atoms with E-state index in [9.17, 15) is 4.79 Å². The van der Waals surface area contributed by atoms with Crippen LogP contribution in [0.4, 0.5) is 0 Å². The van der Waals surface area contributed by atoms with Crippen molar-refractivity contribution in [3.63, 3.8) is 0 Å². The number of amides is 1. The van der Waals surface area contributed by atoms with Crippen LogP contribution in [0.15, 0.2) is 36.9 Å². The van der Waals surface area contributed by atoms with E-state index in [2.05, 4.69) is 10.1 Å². The summed E-state index contributed by atoms with van der Waals surface area (Å²) in [4.78, 5) is 18.6. The summed E-state index contributed by atoms with van der Waals surface area (Å²) in [6, 6.07) is 7.85. The first-order valence-electron chi connectivity index (χ1n) is 7.49. The second-order valence-electron chi connectivity index (χ2n) is 5.56. The van der Waals surface area contributed by atoms with E-state index in [1.807, 2.05) is 33.8 Å². The molecule has 1 aliphatic heterocycles. The van der Waals surface area contributed by atoms with E-state index in [1.54, 1.807) is 13.4 Å². The molecule has 1 aliphatic rings. The minimum absolute atomic E-state index is 0.0720. The van der Waals surface area contributed by atoms with E-state index in [-0.39, 0.29) is 11.9 Å². The highest BCUT2D eigenvalue weighted by molar-refractivity contribution is 5.94. The van der Waals surface area contributed by atoms with Crippen LogP contribution in [-0.4, -0.2) is 45.8 Å². The van der Waals surface area contributed by atoms with Crippen LogP contribution in [0.2, 0.25) is 0 Å². The summed E-state index contributed by atoms with van der Waals surface area (Å²) in [5.41, 5.74) is 1.73. The molecule has 22 heavy (non-hydrogen) atoms. The molecule has 1 amide bonds. The van der Waals surface area contributed by atoms with E-state index < -0.39 is 0 Å². The topological polar surface area (TPSA) is 60.2 Å². The second kappa shape index (κ2) is 6.70. The number of carbonyl (C=O) groups excluding carboxylic acids is 1. The highest BCUT2D eigenvalue weighted by Gasteiger charge is 2.25. The Morgan fingerprint density at radius 3 is 3.14 bits per heavy atom. The van der Waals surface area contributed by atoms with Crippen LogP contribution in [0.1, 0.15) is 34.8 Å². The monoisotopic (exact) mass is 300 g/mol. The SMILES string of the molecule is COCc1cccc(C(=O)N2CCC[C@H](n3cncn3)C2)c1. The average Bonchev–Trinajstić information content (AvgIpc) is 3.09. The molecule has 0 spiro atoms. The molecule has 0 bridgehead atoms. The molecule has 1 aromatic carbocycles. The zero-order valence-electron chi connectivity index (χ0n) is 12.7. The van der Waals surface area contributed by atoms with Crippen molar-refractivity contribution in [3.8, 4) is 0 Å². The maximum atomic E-state index is 12.7. The van der Waals surface area contributed by atoms with Gasteiger partial charge in [0.05, 0.1) is 12.6 Å². The lowest BCUT2D eigenvalue weighted by Gasteiger charge is -2.32. The smallest absolute Gasteiger partial charge is 0.253 e. The standard InChI is InChI=1S/C16H20N4O2/c1-22-10-13-4-2-5-14(8-13)16(21)19-7-3-6-15(9-19)20-12-17-11-18-20/h2,4-5,8,11-12,15H,3,6-7,9-10H2,1H3/t15-/m0/s1. The van der Waals surface area contributed by atoms with Crippen molar-refractivity contribution in [2.45, 2.75) is 25.5 Å². The average molecular weight is 300 g/mol. The van der Waals surface area contributed by atoms with Crippen molar-refractivity contribution in [2.75, 3.05) is 20.2 Å². The molecule has 1 atom stereocenters. The summed E-state index contributed by atoms with van der Waals surface area (Å²) in [7, 11) is 1.65. The number of rotatable bonds is 4. The summed E-state index contributed by atoms with van der Waals surface area (Å²) >= 11 is 0. The lowest BCUT2D eigenvalue weighted by molar-refractivity contribution is 0.0672. The van der Waals surface area contributed by atoms with E-state index in [0.717, 1.165) is 24.9 Å². The molecular formula is C16H20N4O2. The predicted octanol–water partition coefficient (Wildman–Crippen LogP) is 1.90. The Hall–Kier alpha value is -2.21. The highest BCUT2D eigenvalue weighted by atomic mass is 16.5. The van der Waals surface area contributed by atoms with E-state index >= 15 is 0 Å². The third kappa shape index (κ3) is 3.17. The van der Waals surface area contributed by atoms with Crippen LogP contribution in [0, 0.1) is 0 Å². The van der Waals surface area contributed by atoms with Crippen LogP contribution in [0.25, 0.3) is 0 Å². The first kappa shape index (κ1) is 14.7. The number of hydrogen-bond donors (Lipinski definition) is 0. The molecule has 116 valence electrons. The van der Waals surface area contributed by atoms with Gasteiger partial charge in [-0.05, 0) is 30.5 Å². The molecule has 1 fully saturated rings. The first-order valence-corrected chi connectivity index (χ1v) is 7.49. The quantitative estimate of drug-likeness (QED) is 0.865. The molecule has 2 aromatic rings. The Morgan fingerprint density at radius 1 is 1.45 bits per heavy atom. The molecule has 3 rings (SSSR count). The number of nitrogens with zero attached hydrogens (tertiary/aromatic N) is 4. The minimum Gasteiger partial charge on any atom is -0.380 e. The van der Waals surface area contributed by atoms with Crippen molar-refractivity contribution in [1.82, 2.24) is 19.7 Å². The minimum atomic E-state index is 0.0720. The van der Waals surface area contributed by atoms with Gasteiger partial charge in [0.15, 0.2) is 0 Å². The lowest BCUT2D eigenvalue weighted by Crippen LogP contribution is -2.40. The number of carbonyl (C=O) groups is 1. The zero-order valence-corrected chi connectivity index (χ0v) is 12.7. The number of piperidine rings is 1. The first-order chi connectivity index (χ1) is 10.8. The van der Waals surface area contributed by atoms with Crippen LogP contribution in [0.3, 0.4) is 0 Å². The lowest BCUT2D eigenvalue weighted by atomic mass is 10.0. The summed E-state index contributed by atoms with van der Waals surface area (Å²) in [5.74, 6) is 0.0720. The van der Waals surface area contributed by atoms with Gasteiger partial charge in [0.1, 0.15) is 12.7 Å². The van der Waals surface area contributed by atoms with Crippen molar-refractivity contribution in [1.29, 1.82) is 0 Å². The number of benzene rings is 1. The fourth-order valence-electron chi connectivity index (χ4n) is 2.90. The van der Waals surface area contributed by atoms with Gasteiger partial charge >= 0.3 is 0 Å². The molecule has 1 aromatic heterocycles. The molecule has 0 saturated carbocycles. The molecule has 2 heterocycles. The largest absolute Gasteiger partial charge is 0.380 e.